The number of nitrogens with zero attached hydrogens (tertiary/aromatic N) is 1. The predicted octanol–water partition coefficient (Wildman–Crippen LogP) is 2.34. The fraction of sp³-hybridized carbons (Fsp3) is 0.471. The molecule has 1 saturated heterocycles. The van der Waals surface area contributed by atoms with Gasteiger partial charge in [0.2, 0.25) is 11.8 Å². The van der Waals surface area contributed by atoms with Gasteiger partial charge in [0.15, 0.2) is 0 Å². The van der Waals surface area contributed by atoms with Gasteiger partial charge in [-0.25, -0.2) is 0 Å². The summed E-state index contributed by atoms with van der Waals surface area (Å²) in [6.45, 7) is 6.82. The van der Waals surface area contributed by atoms with Crippen molar-refractivity contribution in [3.8, 4) is 0 Å². The van der Waals surface area contributed by atoms with Crippen molar-refractivity contribution >= 4 is 29.5 Å². The molecule has 2 aliphatic heterocycles. The average Bonchev–Trinajstić information content (AvgIpc) is 2.76. The number of carbonyl (C=O) groups is 3. The molecule has 0 saturated carbocycles. The topological polar surface area (TPSA) is 66.5 Å². The molecular formula is C17H20N2O3S. The first-order valence-corrected chi connectivity index (χ1v) is 8.53. The van der Waals surface area contributed by atoms with E-state index in [4.69, 9.17) is 0 Å². The molecule has 1 fully saturated rings. The first kappa shape index (κ1) is 16.1. The largest absolute Gasteiger partial charge is 0.322 e. The number of fused-ring (bicyclic) bond motifs is 1. The number of imide groups is 1. The van der Waals surface area contributed by atoms with Gasteiger partial charge in [0.1, 0.15) is 6.04 Å². The molecule has 1 aromatic carbocycles. The van der Waals surface area contributed by atoms with Crippen molar-refractivity contribution in [2.75, 3.05) is 0 Å². The van der Waals surface area contributed by atoms with Crippen LogP contribution in [0.1, 0.15) is 49.5 Å². The van der Waals surface area contributed by atoms with Gasteiger partial charge in [-0.2, -0.15) is 0 Å². The Bertz CT molecular complexity index is 694. The molecule has 1 N–H and O–H groups in total. The van der Waals surface area contributed by atoms with Crippen molar-refractivity contribution in [3.05, 3.63) is 29.3 Å². The van der Waals surface area contributed by atoms with Gasteiger partial charge < -0.3 is 4.90 Å². The highest BCUT2D eigenvalue weighted by Crippen LogP contribution is 2.39. The second-order valence-electron chi connectivity index (χ2n) is 6.90. The summed E-state index contributed by atoms with van der Waals surface area (Å²) in [5.41, 5.74) is 1.66. The molecule has 0 aliphatic carbocycles. The van der Waals surface area contributed by atoms with Gasteiger partial charge in [0, 0.05) is 28.2 Å². The first-order valence-electron chi connectivity index (χ1n) is 7.72. The highest BCUT2D eigenvalue weighted by Gasteiger charge is 2.40. The maximum absolute atomic E-state index is 12.7. The summed E-state index contributed by atoms with van der Waals surface area (Å²) in [5.74, 6) is -0.752. The number of rotatable bonds is 2. The summed E-state index contributed by atoms with van der Waals surface area (Å²) in [5, 5.41) is 2.33. The van der Waals surface area contributed by atoms with Gasteiger partial charge in [-0.05, 0) is 24.1 Å². The van der Waals surface area contributed by atoms with E-state index in [0.29, 0.717) is 18.5 Å². The van der Waals surface area contributed by atoms with Crippen LogP contribution in [0.4, 0.5) is 0 Å². The third kappa shape index (κ3) is 3.13. The summed E-state index contributed by atoms with van der Waals surface area (Å²) in [7, 11) is 0. The Morgan fingerprint density at radius 2 is 1.96 bits per heavy atom. The molecule has 6 heteroatoms. The van der Waals surface area contributed by atoms with Gasteiger partial charge in [-0.15, -0.1) is 11.8 Å². The third-order valence-corrected chi connectivity index (χ3v) is 5.17. The summed E-state index contributed by atoms with van der Waals surface area (Å²) in [6.07, 6.45) is 0.673. The van der Waals surface area contributed by atoms with Crippen molar-refractivity contribution in [2.45, 2.75) is 55.8 Å². The molecule has 3 rings (SSSR count). The van der Waals surface area contributed by atoms with E-state index >= 15 is 0 Å². The molecule has 0 bridgehead atoms. The van der Waals surface area contributed by atoms with E-state index in [1.54, 1.807) is 16.7 Å². The van der Waals surface area contributed by atoms with Crippen molar-refractivity contribution in [3.63, 3.8) is 0 Å². The first-order chi connectivity index (χ1) is 10.8. The summed E-state index contributed by atoms with van der Waals surface area (Å²) < 4.78 is 0.0419. The molecular weight excluding hydrogens is 312 g/mol. The number of nitrogens with one attached hydrogen (secondary N) is 1. The highest BCUT2D eigenvalue weighted by molar-refractivity contribution is 8.00. The molecule has 0 spiro atoms. The molecule has 1 atom stereocenters. The Labute approximate surface area is 139 Å². The second kappa shape index (κ2) is 5.67. The van der Waals surface area contributed by atoms with E-state index in [9.17, 15) is 14.4 Å². The lowest BCUT2D eigenvalue weighted by Crippen LogP contribution is -2.52. The molecule has 0 radical (unpaired) electrons. The van der Waals surface area contributed by atoms with Crippen LogP contribution in [0.5, 0.6) is 0 Å². The van der Waals surface area contributed by atoms with Crippen LogP contribution in [0.15, 0.2) is 23.1 Å². The van der Waals surface area contributed by atoms with Crippen LogP contribution < -0.4 is 5.32 Å². The number of thioether (sulfide) groups is 1. The molecule has 2 heterocycles. The zero-order valence-electron chi connectivity index (χ0n) is 13.5. The number of amides is 3. The molecule has 23 heavy (non-hydrogen) atoms. The molecule has 1 unspecified atom stereocenters. The number of hydrogen-bond donors (Lipinski definition) is 1. The minimum Gasteiger partial charge on any atom is -0.322 e. The van der Waals surface area contributed by atoms with E-state index < -0.39 is 6.04 Å². The minimum absolute atomic E-state index is 0.0419. The van der Waals surface area contributed by atoms with Crippen LogP contribution in [0, 0.1) is 0 Å². The van der Waals surface area contributed by atoms with E-state index in [0.717, 1.165) is 10.5 Å². The normalized spacial score (nSPS) is 21.4. The Kier molecular flexibility index (Phi) is 3.96. The Balaban J connectivity index is 1.88. The van der Waals surface area contributed by atoms with Crippen LogP contribution in [0.25, 0.3) is 0 Å². The molecule has 1 aromatic rings. The van der Waals surface area contributed by atoms with Crippen molar-refractivity contribution in [2.24, 2.45) is 0 Å². The van der Waals surface area contributed by atoms with Crippen LogP contribution in [-0.4, -0.2) is 33.4 Å². The average molecular weight is 332 g/mol. The number of piperidine rings is 1. The fourth-order valence-corrected chi connectivity index (χ4v) is 4.09. The van der Waals surface area contributed by atoms with Crippen LogP contribution >= 0.6 is 11.8 Å². The van der Waals surface area contributed by atoms with Crippen LogP contribution in [0.3, 0.4) is 0 Å². The van der Waals surface area contributed by atoms with Crippen LogP contribution in [0.2, 0.25) is 0 Å². The SMILES string of the molecule is CC(C)(C)Sc1cccc2c1CN(C1CCC(=O)NC1=O)C2=O. The summed E-state index contributed by atoms with van der Waals surface area (Å²) in [6, 6.07) is 5.17. The lowest BCUT2D eigenvalue weighted by atomic mass is 10.0. The van der Waals surface area contributed by atoms with Crippen LogP contribution in [-0.2, 0) is 16.1 Å². The maximum Gasteiger partial charge on any atom is 0.255 e. The third-order valence-electron chi connectivity index (χ3n) is 3.96. The van der Waals surface area contributed by atoms with E-state index in [1.807, 2.05) is 18.2 Å². The van der Waals surface area contributed by atoms with Crippen molar-refractivity contribution in [1.82, 2.24) is 10.2 Å². The van der Waals surface area contributed by atoms with Gasteiger partial charge in [0.25, 0.3) is 5.91 Å². The second-order valence-corrected chi connectivity index (χ2v) is 8.77. The molecule has 3 amide bonds. The Morgan fingerprint density at radius 1 is 1.22 bits per heavy atom. The quantitative estimate of drug-likeness (QED) is 0.667. The lowest BCUT2D eigenvalue weighted by molar-refractivity contribution is -0.136. The number of benzene rings is 1. The molecule has 122 valence electrons. The predicted molar refractivity (Wildman–Crippen MR) is 88.1 cm³/mol. The zero-order valence-corrected chi connectivity index (χ0v) is 14.3. The monoisotopic (exact) mass is 332 g/mol. The van der Waals surface area contributed by atoms with Crippen molar-refractivity contribution < 1.29 is 14.4 Å². The van der Waals surface area contributed by atoms with E-state index in [1.165, 1.54) is 0 Å². The molecule has 2 aliphatic rings. The highest BCUT2D eigenvalue weighted by atomic mass is 32.2. The summed E-state index contributed by atoms with van der Waals surface area (Å²) >= 11 is 1.72. The fourth-order valence-electron chi connectivity index (χ4n) is 2.98. The minimum atomic E-state index is -0.555. The molecule has 0 aromatic heterocycles. The van der Waals surface area contributed by atoms with Gasteiger partial charge in [0.05, 0.1) is 0 Å². The van der Waals surface area contributed by atoms with Crippen molar-refractivity contribution in [1.29, 1.82) is 0 Å². The standard InChI is InChI=1S/C17H20N2O3S/c1-17(2,3)23-13-6-4-5-10-11(13)9-19(16(10)22)12-7-8-14(20)18-15(12)21/h4-6,12H,7-9H2,1-3H3,(H,18,20,21). The number of carbonyl (C=O) groups excluding carboxylic acids is 3. The molecule has 5 nitrogen and oxygen atoms in total. The van der Waals surface area contributed by atoms with E-state index in [2.05, 4.69) is 26.1 Å². The van der Waals surface area contributed by atoms with Gasteiger partial charge >= 0.3 is 0 Å². The Morgan fingerprint density at radius 3 is 2.61 bits per heavy atom. The smallest absolute Gasteiger partial charge is 0.255 e. The zero-order chi connectivity index (χ0) is 16.8. The summed E-state index contributed by atoms with van der Waals surface area (Å²) in [4.78, 5) is 38.7. The van der Waals surface area contributed by atoms with Gasteiger partial charge in [-0.1, -0.05) is 26.8 Å². The Hall–Kier alpha value is -1.82. The maximum atomic E-state index is 12.7. The van der Waals surface area contributed by atoms with E-state index in [-0.39, 0.29) is 28.9 Å². The number of hydrogen-bond acceptors (Lipinski definition) is 4. The van der Waals surface area contributed by atoms with Gasteiger partial charge in [-0.3, -0.25) is 19.7 Å². The lowest BCUT2D eigenvalue weighted by Gasteiger charge is -2.29.